The first-order chi connectivity index (χ1) is 24.6. The number of carbonyl (C=O) groups is 1. The van der Waals surface area contributed by atoms with Crippen molar-refractivity contribution in [2.24, 2.45) is 0 Å². The SMILES string of the molecule is CCCC/C=C\C/C=C\CCCCCCCCOCC(COP(=O)([O-])OCC[N+](C)(C)C)OC(=O)CCCCCCC/C=C\CCCCCCC. The number of allylic oxidation sites excluding steroid dienone is 6. The normalized spacial score (nSPS) is 14.2. The minimum Gasteiger partial charge on any atom is -0.756 e. The smallest absolute Gasteiger partial charge is 0.306 e. The zero-order chi connectivity index (χ0) is 37.7. The van der Waals surface area contributed by atoms with E-state index in [-0.39, 0.29) is 25.8 Å². The fraction of sp³-hybridized carbons (Fsp3) is 0.833. The first kappa shape index (κ1) is 49.7. The molecule has 9 heteroatoms. The van der Waals surface area contributed by atoms with E-state index < -0.39 is 13.9 Å². The zero-order valence-electron chi connectivity index (χ0n) is 33.8. The lowest BCUT2D eigenvalue weighted by molar-refractivity contribution is -0.870. The molecule has 0 amide bonds. The van der Waals surface area contributed by atoms with E-state index in [2.05, 4.69) is 50.3 Å². The molecule has 0 aliphatic rings. The van der Waals surface area contributed by atoms with Gasteiger partial charge in [-0.1, -0.05) is 134 Å². The van der Waals surface area contributed by atoms with E-state index in [0.29, 0.717) is 24.1 Å². The lowest BCUT2D eigenvalue weighted by Crippen LogP contribution is -2.37. The number of phosphoric ester groups is 1. The summed E-state index contributed by atoms with van der Waals surface area (Å²) >= 11 is 0. The van der Waals surface area contributed by atoms with Crippen LogP contribution in [0.2, 0.25) is 0 Å². The third kappa shape index (κ3) is 39.8. The van der Waals surface area contributed by atoms with Crippen LogP contribution >= 0.6 is 7.82 Å². The first-order valence-corrected chi connectivity index (χ1v) is 22.2. The summed E-state index contributed by atoms with van der Waals surface area (Å²) in [5.41, 5.74) is 0. The summed E-state index contributed by atoms with van der Waals surface area (Å²) in [6.07, 6.45) is 40.0. The van der Waals surface area contributed by atoms with Gasteiger partial charge in [-0.05, 0) is 64.2 Å². The fourth-order valence-electron chi connectivity index (χ4n) is 5.38. The topological polar surface area (TPSA) is 94.1 Å². The number of likely N-dealkylation sites (N-methyl/N-ethyl adjacent to an activating group) is 1. The van der Waals surface area contributed by atoms with Crippen LogP contribution in [-0.2, 0) is 27.9 Å². The summed E-state index contributed by atoms with van der Waals surface area (Å²) in [6.45, 7) is 5.32. The lowest BCUT2D eigenvalue weighted by Gasteiger charge is -2.28. The Hall–Kier alpha value is -1.28. The summed E-state index contributed by atoms with van der Waals surface area (Å²) in [5, 5.41) is 0. The van der Waals surface area contributed by atoms with Crippen molar-refractivity contribution in [2.45, 2.75) is 174 Å². The first-order valence-electron chi connectivity index (χ1n) is 20.7. The van der Waals surface area contributed by atoms with Gasteiger partial charge >= 0.3 is 5.97 Å². The number of ether oxygens (including phenoxy) is 2. The van der Waals surface area contributed by atoms with Crippen molar-refractivity contribution >= 4 is 13.8 Å². The number of rotatable bonds is 38. The maximum Gasteiger partial charge on any atom is 0.306 e. The van der Waals surface area contributed by atoms with Crippen LogP contribution in [0.15, 0.2) is 36.5 Å². The Kier molecular flexibility index (Phi) is 34.8. The third-order valence-electron chi connectivity index (χ3n) is 8.66. The molecule has 0 N–H and O–H groups in total. The predicted molar refractivity (Wildman–Crippen MR) is 213 cm³/mol. The Morgan fingerprint density at radius 1 is 0.608 bits per heavy atom. The Labute approximate surface area is 315 Å². The van der Waals surface area contributed by atoms with Crippen LogP contribution in [0.1, 0.15) is 168 Å². The number of nitrogens with zero attached hydrogens (tertiary/aromatic N) is 1. The number of hydrogen-bond donors (Lipinski definition) is 0. The molecular formula is C42H80NO7P. The summed E-state index contributed by atoms with van der Waals surface area (Å²) < 4.78 is 34.5. The molecule has 0 aliphatic carbocycles. The van der Waals surface area contributed by atoms with Gasteiger partial charge < -0.3 is 27.9 Å². The van der Waals surface area contributed by atoms with Crippen LogP contribution in [0.25, 0.3) is 0 Å². The standard InChI is InChI=1S/C42H80NO7P/c1-6-8-10-12-14-16-18-20-22-24-26-28-30-32-34-37-47-39-41(40-49-51(45,46)48-38-36-43(3,4)5)50-42(44)35-33-31-29-27-25-23-21-19-17-15-13-11-9-7-2/h12,14,18-21,41H,6-11,13,15-17,22-40H2,1-5H3/b14-12-,20-18-,21-19-. The quantitative estimate of drug-likeness (QED) is 0.0204. The van der Waals surface area contributed by atoms with Gasteiger partial charge in [-0.25, -0.2) is 0 Å². The summed E-state index contributed by atoms with van der Waals surface area (Å²) in [6, 6.07) is 0. The fourth-order valence-corrected chi connectivity index (χ4v) is 6.11. The van der Waals surface area contributed by atoms with Crippen LogP contribution in [0.4, 0.5) is 0 Å². The monoisotopic (exact) mass is 742 g/mol. The third-order valence-corrected chi connectivity index (χ3v) is 9.63. The van der Waals surface area contributed by atoms with Crippen molar-refractivity contribution in [3.8, 4) is 0 Å². The number of hydrogen-bond acceptors (Lipinski definition) is 7. The molecule has 300 valence electrons. The Morgan fingerprint density at radius 3 is 1.67 bits per heavy atom. The molecule has 0 saturated carbocycles. The van der Waals surface area contributed by atoms with E-state index in [9.17, 15) is 14.3 Å². The van der Waals surface area contributed by atoms with Crippen molar-refractivity contribution in [1.29, 1.82) is 0 Å². The minimum absolute atomic E-state index is 0.0220. The number of quaternary nitrogens is 1. The maximum absolute atomic E-state index is 12.6. The van der Waals surface area contributed by atoms with E-state index in [0.717, 1.165) is 64.2 Å². The van der Waals surface area contributed by atoms with Gasteiger partial charge in [-0.2, -0.15) is 0 Å². The molecule has 0 aromatic rings. The summed E-state index contributed by atoms with van der Waals surface area (Å²) in [5.74, 6) is -0.348. The zero-order valence-corrected chi connectivity index (χ0v) is 34.7. The number of phosphoric acid groups is 1. The molecule has 2 atom stereocenters. The molecular weight excluding hydrogens is 661 g/mol. The van der Waals surface area contributed by atoms with Crippen LogP contribution in [0, 0.1) is 0 Å². The number of esters is 1. The van der Waals surface area contributed by atoms with E-state index in [1.807, 2.05) is 21.1 Å². The molecule has 0 rings (SSSR count). The highest BCUT2D eigenvalue weighted by molar-refractivity contribution is 7.45. The van der Waals surface area contributed by atoms with Crippen LogP contribution in [0.3, 0.4) is 0 Å². The Balaban J connectivity index is 4.30. The average molecular weight is 742 g/mol. The molecule has 51 heavy (non-hydrogen) atoms. The molecule has 8 nitrogen and oxygen atoms in total. The molecule has 0 heterocycles. The molecule has 0 fully saturated rings. The highest BCUT2D eigenvalue weighted by atomic mass is 31.2. The van der Waals surface area contributed by atoms with Gasteiger partial charge in [0.05, 0.1) is 34.4 Å². The van der Waals surface area contributed by atoms with Crippen molar-refractivity contribution < 1.29 is 37.3 Å². The van der Waals surface area contributed by atoms with Crippen molar-refractivity contribution in [3.05, 3.63) is 36.5 Å². The van der Waals surface area contributed by atoms with Gasteiger partial charge in [0.1, 0.15) is 19.3 Å². The highest BCUT2D eigenvalue weighted by Crippen LogP contribution is 2.38. The van der Waals surface area contributed by atoms with Gasteiger partial charge in [0, 0.05) is 13.0 Å². The van der Waals surface area contributed by atoms with Crippen LogP contribution in [-0.4, -0.2) is 70.7 Å². The maximum atomic E-state index is 12.6. The highest BCUT2D eigenvalue weighted by Gasteiger charge is 2.20. The molecule has 0 saturated heterocycles. The predicted octanol–water partition coefficient (Wildman–Crippen LogP) is 11.2. The Morgan fingerprint density at radius 2 is 1.10 bits per heavy atom. The van der Waals surface area contributed by atoms with Gasteiger partial charge in [0.15, 0.2) is 0 Å². The van der Waals surface area contributed by atoms with E-state index >= 15 is 0 Å². The largest absolute Gasteiger partial charge is 0.756 e. The van der Waals surface area contributed by atoms with Gasteiger partial charge in [0.2, 0.25) is 0 Å². The molecule has 0 bridgehead atoms. The summed E-state index contributed by atoms with van der Waals surface area (Å²) in [4.78, 5) is 25.0. The number of carbonyl (C=O) groups excluding carboxylic acids is 1. The average Bonchev–Trinajstić information content (AvgIpc) is 3.08. The molecule has 0 radical (unpaired) electrons. The summed E-state index contributed by atoms with van der Waals surface area (Å²) in [7, 11) is 1.34. The molecule has 0 aromatic heterocycles. The second-order valence-corrected chi connectivity index (χ2v) is 16.4. The van der Waals surface area contributed by atoms with Gasteiger partial charge in [-0.3, -0.25) is 9.36 Å². The molecule has 2 unspecified atom stereocenters. The van der Waals surface area contributed by atoms with Gasteiger partial charge in [-0.15, -0.1) is 0 Å². The van der Waals surface area contributed by atoms with Gasteiger partial charge in [0.25, 0.3) is 7.82 Å². The van der Waals surface area contributed by atoms with E-state index in [4.69, 9.17) is 18.5 Å². The number of unbranched alkanes of at least 4 members (excludes halogenated alkanes) is 18. The second-order valence-electron chi connectivity index (χ2n) is 15.0. The van der Waals surface area contributed by atoms with Crippen molar-refractivity contribution in [3.63, 3.8) is 0 Å². The molecule has 0 aromatic carbocycles. The van der Waals surface area contributed by atoms with Crippen LogP contribution in [0.5, 0.6) is 0 Å². The lowest BCUT2D eigenvalue weighted by atomic mass is 10.1. The van der Waals surface area contributed by atoms with Crippen molar-refractivity contribution in [2.75, 3.05) is 54.1 Å². The minimum atomic E-state index is -4.52. The molecule has 0 aliphatic heterocycles. The van der Waals surface area contributed by atoms with E-state index in [1.165, 1.54) is 83.5 Å². The second kappa shape index (κ2) is 35.7. The van der Waals surface area contributed by atoms with E-state index in [1.54, 1.807) is 0 Å². The molecule has 0 spiro atoms. The Bertz CT molecular complexity index is 915. The van der Waals surface area contributed by atoms with Crippen molar-refractivity contribution in [1.82, 2.24) is 0 Å². The van der Waals surface area contributed by atoms with Crippen LogP contribution < -0.4 is 4.89 Å².